The van der Waals surface area contributed by atoms with Crippen LogP contribution in [-0.2, 0) is 12.0 Å². The van der Waals surface area contributed by atoms with E-state index in [1.165, 1.54) is 12.1 Å². The van der Waals surface area contributed by atoms with Crippen LogP contribution in [0.2, 0.25) is 0 Å². The number of hydrogen-bond donors (Lipinski definition) is 2. The molecule has 0 heterocycles. The van der Waals surface area contributed by atoms with E-state index in [-0.39, 0.29) is 17.5 Å². The van der Waals surface area contributed by atoms with Gasteiger partial charge in [-0.15, -0.1) is 0 Å². The van der Waals surface area contributed by atoms with Crippen molar-refractivity contribution in [2.45, 2.75) is 24.5 Å². The van der Waals surface area contributed by atoms with Crippen LogP contribution in [-0.4, -0.2) is 23.7 Å². The molecule has 0 saturated carbocycles. The molecule has 2 N–H and O–H groups in total. The van der Waals surface area contributed by atoms with Crippen molar-refractivity contribution >= 4 is 6.09 Å². The van der Waals surface area contributed by atoms with E-state index in [0.29, 0.717) is 11.6 Å². The van der Waals surface area contributed by atoms with Gasteiger partial charge in [-0.2, -0.15) is 17.6 Å². The third-order valence-corrected chi connectivity index (χ3v) is 4.84. The fraction of sp³-hybridized carbons (Fsp3) is 0.174. The molecule has 0 aliphatic rings. The number of ether oxygens (including phenoxy) is 1. The van der Waals surface area contributed by atoms with Gasteiger partial charge in [0.05, 0.1) is 5.54 Å². The minimum Gasteiger partial charge on any atom is -0.465 e. The number of carboxylic acid groups (broad SMARTS) is 1. The Morgan fingerprint density at radius 3 is 2.12 bits per heavy atom. The molecule has 174 valence electrons. The van der Waals surface area contributed by atoms with E-state index in [1.807, 2.05) is 0 Å². The molecule has 0 spiro atoms. The highest BCUT2D eigenvalue weighted by atomic mass is 19.3. The summed E-state index contributed by atoms with van der Waals surface area (Å²) < 4.78 is 84.2. The standard InChI is InChI=1S/C23H17F6NO3/c24-17-8-6-15(7-9-17)22(30-21(31)32,13-14-4-2-1-3-5-14)16-10-18(25)12-19(11-16)33-23(28,29)20(26)27/h1-12,20,30H,13H2,(H,31,32). The molecule has 0 fully saturated rings. The van der Waals surface area contributed by atoms with E-state index in [9.17, 15) is 36.2 Å². The number of nitrogens with one attached hydrogen (secondary N) is 1. The maximum absolute atomic E-state index is 14.4. The lowest BCUT2D eigenvalue weighted by molar-refractivity contribution is -0.253. The molecular formula is C23H17F6NO3. The number of halogens is 6. The molecule has 3 aromatic rings. The Morgan fingerprint density at radius 2 is 1.55 bits per heavy atom. The summed E-state index contributed by atoms with van der Waals surface area (Å²) in [6.07, 6.45) is -10.8. The predicted octanol–water partition coefficient (Wildman–Crippen LogP) is 5.96. The van der Waals surface area contributed by atoms with E-state index < -0.39 is 41.6 Å². The number of alkyl halides is 4. The molecule has 0 aliphatic heterocycles. The van der Waals surface area contributed by atoms with Crippen LogP contribution >= 0.6 is 0 Å². The molecule has 0 aromatic heterocycles. The first-order chi connectivity index (χ1) is 15.5. The summed E-state index contributed by atoms with van der Waals surface area (Å²) in [7, 11) is 0. The van der Waals surface area contributed by atoms with Crippen LogP contribution in [0.3, 0.4) is 0 Å². The second-order valence-electron chi connectivity index (χ2n) is 7.14. The largest absolute Gasteiger partial charge is 0.465 e. The van der Waals surface area contributed by atoms with Crippen LogP contribution in [0.4, 0.5) is 31.1 Å². The van der Waals surface area contributed by atoms with Crippen LogP contribution < -0.4 is 10.1 Å². The van der Waals surface area contributed by atoms with Gasteiger partial charge in [0.1, 0.15) is 17.4 Å². The van der Waals surface area contributed by atoms with Crippen molar-refractivity contribution in [2.24, 2.45) is 0 Å². The summed E-state index contributed by atoms with van der Waals surface area (Å²) >= 11 is 0. The van der Waals surface area contributed by atoms with Gasteiger partial charge in [0, 0.05) is 12.5 Å². The Hall–Kier alpha value is -3.69. The highest BCUT2D eigenvalue weighted by Crippen LogP contribution is 2.37. The van der Waals surface area contributed by atoms with E-state index in [0.717, 1.165) is 24.3 Å². The highest BCUT2D eigenvalue weighted by Gasteiger charge is 2.44. The van der Waals surface area contributed by atoms with Crippen molar-refractivity contribution in [1.82, 2.24) is 5.32 Å². The number of amides is 1. The van der Waals surface area contributed by atoms with Crippen molar-refractivity contribution in [3.63, 3.8) is 0 Å². The van der Waals surface area contributed by atoms with Gasteiger partial charge in [0.2, 0.25) is 0 Å². The second kappa shape index (κ2) is 9.43. The molecule has 0 saturated heterocycles. The number of rotatable bonds is 8. The van der Waals surface area contributed by atoms with Gasteiger partial charge < -0.3 is 15.2 Å². The van der Waals surface area contributed by atoms with Crippen LogP contribution in [0.15, 0.2) is 72.8 Å². The van der Waals surface area contributed by atoms with Gasteiger partial charge in [0.25, 0.3) is 0 Å². The SMILES string of the molecule is O=C(O)NC(Cc1ccccc1)(c1ccc(F)cc1)c1cc(F)cc(OC(F)(F)C(F)F)c1. The van der Waals surface area contributed by atoms with Crippen LogP contribution in [0, 0.1) is 11.6 Å². The molecule has 0 radical (unpaired) electrons. The van der Waals surface area contributed by atoms with Crippen LogP contribution in [0.25, 0.3) is 0 Å². The summed E-state index contributed by atoms with van der Waals surface area (Å²) in [5, 5.41) is 11.8. The van der Waals surface area contributed by atoms with Crippen molar-refractivity contribution in [3.05, 3.63) is 101 Å². The van der Waals surface area contributed by atoms with Crippen LogP contribution in [0.5, 0.6) is 5.75 Å². The van der Waals surface area contributed by atoms with E-state index in [4.69, 9.17) is 0 Å². The molecule has 1 unspecified atom stereocenters. The van der Waals surface area contributed by atoms with E-state index in [1.54, 1.807) is 30.3 Å². The summed E-state index contributed by atoms with van der Waals surface area (Å²) in [4.78, 5) is 11.8. The lowest BCUT2D eigenvalue weighted by Gasteiger charge is -2.35. The Bertz CT molecular complexity index is 1110. The molecule has 10 heteroatoms. The molecule has 0 aliphatic carbocycles. The molecule has 4 nitrogen and oxygen atoms in total. The first-order valence-corrected chi connectivity index (χ1v) is 9.49. The predicted molar refractivity (Wildman–Crippen MR) is 106 cm³/mol. The molecular weight excluding hydrogens is 452 g/mol. The summed E-state index contributed by atoms with van der Waals surface area (Å²) in [6, 6.07) is 15.0. The molecule has 3 aromatic carbocycles. The second-order valence-corrected chi connectivity index (χ2v) is 7.14. The zero-order valence-corrected chi connectivity index (χ0v) is 16.7. The Labute approximate surface area is 184 Å². The van der Waals surface area contributed by atoms with Crippen molar-refractivity contribution < 1.29 is 41.0 Å². The summed E-state index contributed by atoms with van der Waals surface area (Å²) in [5.41, 5.74) is -1.34. The lowest BCUT2D eigenvalue weighted by Crippen LogP contribution is -2.48. The molecule has 33 heavy (non-hydrogen) atoms. The van der Waals surface area contributed by atoms with Gasteiger partial charge in [-0.25, -0.2) is 13.6 Å². The highest BCUT2D eigenvalue weighted by molar-refractivity contribution is 5.68. The Morgan fingerprint density at radius 1 is 0.909 bits per heavy atom. The van der Waals surface area contributed by atoms with Gasteiger partial charge in [-0.1, -0.05) is 42.5 Å². The maximum Gasteiger partial charge on any atom is 0.461 e. The lowest BCUT2D eigenvalue weighted by atomic mass is 9.78. The third-order valence-electron chi connectivity index (χ3n) is 4.84. The topological polar surface area (TPSA) is 58.6 Å². The number of hydrogen-bond acceptors (Lipinski definition) is 2. The van der Waals surface area contributed by atoms with Gasteiger partial charge in [0.15, 0.2) is 0 Å². The van der Waals surface area contributed by atoms with Crippen LogP contribution in [0.1, 0.15) is 16.7 Å². The van der Waals surface area contributed by atoms with E-state index in [2.05, 4.69) is 10.1 Å². The van der Waals surface area contributed by atoms with E-state index >= 15 is 0 Å². The first-order valence-electron chi connectivity index (χ1n) is 9.49. The van der Waals surface area contributed by atoms with Crippen molar-refractivity contribution in [3.8, 4) is 5.75 Å². The number of carbonyl (C=O) groups is 1. The zero-order chi connectivity index (χ0) is 24.2. The fourth-order valence-electron chi connectivity index (χ4n) is 3.45. The zero-order valence-electron chi connectivity index (χ0n) is 16.7. The molecule has 0 bridgehead atoms. The number of benzene rings is 3. The average Bonchev–Trinajstić information content (AvgIpc) is 2.73. The maximum atomic E-state index is 14.4. The minimum absolute atomic E-state index is 0.146. The Kier molecular flexibility index (Phi) is 6.85. The fourth-order valence-corrected chi connectivity index (χ4v) is 3.45. The summed E-state index contributed by atoms with van der Waals surface area (Å²) in [5.74, 6) is -2.72. The average molecular weight is 469 g/mol. The Balaban J connectivity index is 2.23. The minimum atomic E-state index is -4.91. The van der Waals surface area contributed by atoms with Gasteiger partial charge >= 0.3 is 18.6 Å². The third kappa shape index (κ3) is 5.57. The quantitative estimate of drug-likeness (QED) is 0.401. The van der Waals surface area contributed by atoms with Gasteiger partial charge in [-0.3, -0.25) is 0 Å². The smallest absolute Gasteiger partial charge is 0.461 e. The molecule has 1 amide bonds. The molecule has 1 atom stereocenters. The normalized spacial score (nSPS) is 13.4. The van der Waals surface area contributed by atoms with Crippen molar-refractivity contribution in [2.75, 3.05) is 0 Å². The van der Waals surface area contributed by atoms with Crippen molar-refractivity contribution in [1.29, 1.82) is 0 Å². The monoisotopic (exact) mass is 469 g/mol. The van der Waals surface area contributed by atoms with Gasteiger partial charge in [-0.05, 0) is 41.0 Å². The molecule has 3 rings (SSSR count). The summed E-state index contributed by atoms with van der Waals surface area (Å²) in [6.45, 7) is 0. The first kappa shape index (κ1) is 24.0.